The summed E-state index contributed by atoms with van der Waals surface area (Å²) in [6, 6.07) is 0. The lowest BCUT2D eigenvalue weighted by molar-refractivity contribution is -0.151. The second kappa shape index (κ2) is 6.32. The van der Waals surface area contributed by atoms with Crippen LogP contribution in [0.25, 0.3) is 0 Å². The van der Waals surface area contributed by atoms with Crippen LogP contribution in [0.3, 0.4) is 0 Å². The summed E-state index contributed by atoms with van der Waals surface area (Å²) < 4.78 is 4.48. The summed E-state index contributed by atoms with van der Waals surface area (Å²) in [5.41, 5.74) is 0. The molecule has 0 aliphatic rings. The minimum absolute atomic E-state index is 0.0446. The Morgan fingerprint density at radius 3 is 2.13 bits per heavy atom. The fourth-order valence-electron chi connectivity index (χ4n) is 1.17. The Bertz CT molecular complexity index is 257. The Morgan fingerprint density at radius 1 is 1.27 bits per heavy atom. The average molecular weight is 214 g/mol. The largest absolute Gasteiger partial charge is 0.468 e. The molecule has 0 bridgehead atoms. The van der Waals surface area contributed by atoms with Crippen LogP contribution >= 0.6 is 0 Å². The van der Waals surface area contributed by atoms with Gasteiger partial charge in [0.1, 0.15) is 17.5 Å². The second-order valence-corrected chi connectivity index (χ2v) is 3.67. The molecular weight excluding hydrogens is 196 g/mol. The van der Waals surface area contributed by atoms with Crippen LogP contribution in [0.4, 0.5) is 0 Å². The van der Waals surface area contributed by atoms with Crippen molar-refractivity contribution in [2.24, 2.45) is 11.8 Å². The highest BCUT2D eigenvalue weighted by atomic mass is 16.5. The monoisotopic (exact) mass is 214 g/mol. The molecule has 4 heteroatoms. The van der Waals surface area contributed by atoms with Crippen LogP contribution in [0.15, 0.2) is 0 Å². The number of carbonyl (C=O) groups is 3. The van der Waals surface area contributed by atoms with E-state index in [0.717, 1.165) is 0 Å². The first kappa shape index (κ1) is 13.8. The quantitative estimate of drug-likeness (QED) is 0.495. The second-order valence-electron chi connectivity index (χ2n) is 3.67. The van der Waals surface area contributed by atoms with E-state index < -0.39 is 11.9 Å². The third-order valence-corrected chi connectivity index (χ3v) is 2.54. The first-order valence-electron chi connectivity index (χ1n) is 5.05. The zero-order chi connectivity index (χ0) is 12.0. The number of hydrogen-bond donors (Lipinski definition) is 0. The Kier molecular flexibility index (Phi) is 5.82. The van der Waals surface area contributed by atoms with Crippen molar-refractivity contribution >= 4 is 17.5 Å². The summed E-state index contributed by atoms with van der Waals surface area (Å²) >= 11 is 0. The standard InChI is InChI=1S/C11H18O4/c1-5-7(2)10(13)6-9(8(3)12)11(14)15-4/h7,9H,5-6H2,1-4H3. The van der Waals surface area contributed by atoms with E-state index in [0.29, 0.717) is 6.42 Å². The van der Waals surface area contributed by atoms with E-state index in [1.54, 1.807) is 6.92 Å². The van der Waals surface area contributed by atoms with Crippen molar-refractivity contribution < 1.29 is 19.1 Å². The zero-order valence-electron chi connectivity index (χ0n) is 9.70. The van der Waals surface area contributed by atoms with Gasteiger partial charge >= 0.3 is 5.97 Å². The molecule has 2 atom stereocenters. The third-order valence-electron chi connectivity index (χ3n) is 2.54. The van der Waals surface area contributed by atoms with Gasteiger partial charge in [0.2, 0.25) is 0 Å². The van der Waals surface area contributed by atoms with Crippen molar-refractivity contribution in [3.8, 4) is 0 Å². The van der Waals surface area contributed by atoms with Gasteiger partial charge in [0.15, 0.2) is 0 Å². The van der Waals surface area contributed by atoms with E-state index in [4.69, 9.17) is 0 Å². The van der Waals surface area contributed by atoms with Gasteiger partial charge < -0.3 is 4.74 Å². The van der Waals surface area contributed by atoms with Gasteiger partial charge in [-0.05, 0) is 13.3 Å². The molecule has 0 radical (unpaired) electrons. The number of hydrogen-bond acceptors (Lipinski definition) is 4. The van der Waals surface area contributed by atoms with E-state index in [1.165, 1.54) is 14.0 Å². The lowest BCUT2D eigenvalue weighted by atomic mass is 9.92. The number of Topliss-reactive ketones (excluding diaryl/α,β-unsaturated/α-hetero) is 2. The van der Waals surface area contributed by atoms with E-state index in [9.17, 15) is 14.4 Å². The molecule has 0 saturated heterocycles. The van der Waals surface area contributed by atoms with E-state index in [2.05, 4.69) is 4.74 Å². The van der Waals surface area contributed by atoms with Crippen molar-refractivity contribution in [2.75, 3.05) is 7.11 Å². The summed E-state index contributed by atoms with van der Waals surface area (Å²) in [4.78, 5) is 33.9. The van der Waals surface area contributed by atoms with Crippen LogP contribution in [0.2, 0.25) is 0 Å². The van der Waals surface area contributed by atoms with Gasteiger partial charge in [0.25, 0.3) is 0 Å². The molecule has 0 rings (SSSR count). The van der Waals surface area contributed by atoms with Gasteiger partial charge in [0.05, 0.1) is 7.11 Å². The summed E-state index contributed by atoms with van der Waals surface area (Å²) in [7, 11) is 1.21. The van der Waals surface area contributed by atoms with Gasteiger partial charge in [-0.15, -0.1) is 0 Å². The molecule has 0 fully saturated rings. The van der Waals surface area contributed by atoms with Crippen LogP contribution < -0.4 is 0 Å². The Balaban J connectivity index is 4.49. The van der Waals surface area contributed by atoms with E-state index in [1.807, 2.05) is 6.92 Å². The Hall–Kier alpha value is -1.19. The molecule has 0 saturated carbocycles. The fraction of sp³-hybridized carbons (Fsp3) is 0.727. The first-order valence-corrected chi connectivity index (χ1v) is 5.05. The molecule has 15 heavy (non-hydrogen) atoms. The number of rotatable bonds is 6. The summed E-state index contributed by atoms with van der Waals surface area (Å²) in [5.74, 6) is -2.06. The summed E-state index contributed by atoms with van der Waals surface area (Å²) in [6.45, 7) is 4.98. The molecule has 0 aromatic rings. The molecule has 86 valence electrons. The van der Waals surface area contributed by atoms with Gasteiger partial charge in [0, 0.05) is 12.3 Å². The molecular formula is C11H18O4. The number of methoxy groups -OCH3 is 1. The lowest BCUT2D eigenvalue weighted by Crippen LogP contribution is -2.28. The summed E-state index contributed by atoms with van der Waals surface area (Å²) in [5, 5.41) is 0. The zero-order valence-corrected chi connectivity index (χ0v) is 9.70. The van der Waals surface area contributed by atoms with Crippen molar-refractivity contribution in [3.63, 3.8) is 0 Å². The number of ether oxygens (including phenoxy) is 1. The van der Waals surface area contributed by atoms with E-state index in [-0.39, 0.29) is 23.9 Å². The van der Waals surface area contributed by atoms with Crippen LogP contribution in [-0.4, -0.2) is 24.6 Å². The highest BCUT2D eigenvalue weighted by molar-refractivity contribution is 6.01. The van der Waals surface area contributed by atoms with Crippen molar-refractivity contribution in [3.05, 3.63) is 0 Å². The molecule has 2 unspecified atom stereocenters. The first-order chi connectivity index (χ1) is 6.93. The normalized spacial score (nSPS) is 14.1. The highest BCUT2D eigenvalue weighted by Crippen LogP contribution is 2.13. The van der Waals surface area contributed by atoms with Crippen molar-refractivity contribution in [1.82, 2.24) is 0 Å². The highest BCUT2D eigenvalue weighted by Gasteiger charge is 2.28. The fourth-order valence-corrected chi connectivity index (χ4v) is 1.17. The van der Waals surface area contributed by atoms with Crippen LogP contribution in [0.1, 0.15) is 33.6 Å². The molecule has 0 aliphatic carbocycles. The van der Waals surface area contributed by atoms with Crippen LogP contribution in [-0.2, 0) is 19.1 Å². The SMILES string of the molecule is CCC(C)C(=O)CC(C(C)=O)C(=O)OC. The molecule has 0 aliphatic heterocycles. The van der Waals surface area contributed by atoms with Gasteiger partial charge in [-0.1, -0.05) is 13.8 Å². The lowest BCUT2D eigenvalue weighted by Gasteiger charge is -2.13. The van der Waals surface area contributed by atoms with Crippen LogP contribution in [0, 0.1) is 11.8 Å². The predicted molar refractivity (Wildman–Crippen MR) is 55.3 cm³/mol. The number of ketones is 2. The summed E-state index contributed by atoms with van der Waals surface area (Å²) in [6.07, 6.45) is 0.668. The van der Waals surface area contributed by atoms with E-state index >= 15 is 0 Å². The maximum atomic E-state index is 11.5. The molecule has 4 nitrogen and oxygen atoms in total. The van der Waals surface area contributed by atoms with Gasteiger partial charge in [-0.25, -0.2) is 0 Å². The van der Waals surface area contributed by atoms with Crippen LogP contribution in [0.5, 0.6) is 0 Å². The molecule has 0 amide bonds. The molecule has 0 N–H and O–H groups in total. The predicted octanol–water partition coefficient (Wildman–Crippen LogP) is 1.37. The molecule has 0 aromatic carbocycles. The molecule has 0 aromatic heterocycles. The van der Waals surface area contributed by atoms with Crippen molar-refractivity contribution in [1.29, 1.82) is 0 Å². The smallest absolute Gasteiger partial charge is 0.316 e. The van der Waals surface area contributed by atoms with Crippen molar-refractivity contribution in [2.45, 2.75) is 33.6 Å². The maximum Gasteiger partial charge on any atom is 0.316 e. The average Bonchev–Trinajstić information content (AvgIpc) is 2.22. The number of esters is 1. The van der Waals surface area contributed by atoms with Gasteiger partial charge in [-0.2, -0.15) is 0 Å². The maximum absolute atomic E-state index is 11.5. The topological polar surface area (TPSA) is 60.4 Å². The Labute approximate surface area is 90.0 Å². The van der Waals surface area contributed by atoms with Gasteiger partial charge in [-0.3, -0.25) is 14.4 Å². The number of carbonyl (C=O) groups excluding carboxylic acids is 3. The molecule has 0 spiro atoms. The molecule has 0 heterocycles. The minimum atomic E-state index is -0.934. The minimum Gasteiger partial charge on any atom is -0.468 e. The third kappa shape index (κ3) is 4.23. The Morgan fingerprint density at radius 2 is 1.80 bits per heavy atom.